The Labute approximate surface area is 252 Å². The molecule has 40 heavy (non-hydrogen) atoms. The van der Waals surface area contributed by atoms with Crippen molar-refractivity contribution in [3.63, 3.8) is 0 Å². The zero-order chi connectivity index (χ0) is 29.5. The van der Waals surface area contributed by atoms with Gasteiger partial charge >= 0.3 is 0 Å². The first-order valence-corrected chi connectivity index (χ1v) is 14.4. The van der Waals surface area contributed by atoms with E-state index in [0.717, 1.165) is 17.0 Å². The second-order valence-electron chi connectivity index (χ2n) is 9.25. The van der Waals surface area contributed by atoms with Gasteiger partial charge in [0.15, 0.2) is 0 Å². The highest BCUT2D eigenvalue weighted by molar-refractivity contribution is 6.35. The second-order valence-corrected chi connectivity index (χ2v) is 10.5. The lowest BCUT2D eigenvalue weighted by Crippen LogP contribution is -2.35. The monoisotopic (exact) mass is 604 g/mol. The van der Waals surface area contributed by atoms with E-state index in [-0.39, 0.29) is 6.54 Å². The first-order valence-electron chi connectivity index (χ1n) is 13.3. The molecule has 4 rings (SSSR count). The van der Waals surface area contributed by atoms with Crippen molar-refractivity contribution in [3.8, 4) is 5.82 Å². The molecule has 0 amide bonds. The molecule has 2 aromatic heterocycles. The molecule has 4 N–H and O–H groups in total. The molecule has 0 spiro atoms. The molecule has 7 nitrogen and oxygen atoms in total. The van der Waals surface area contributed by atoms with Gasteiger partial charge in [-0.25, -0.2) is 0 Å². The Kier molecular flexibility index (Phi) is 14.9. The van der Waals surface area contributed by atoms with Crippen LogP contribution in [0, 0.1) is 5.92 Å². The predicted molar refractivity (Wildman–Crippen MR) is 170 cm³/mol. The molecule has 10 heteroatoms. The van der Waals surface area contributed by atoms with E-state index in [1.165, 1.54) is 0 Å². The fourth-order valence-electron chi connectivity index (χ4n) is 3.22. The number of nitrogens with one attached hydrogen (secondary N) is 3. The molecule has 0 fully saturated rings. The summed E-state index contributed by atoms with van der Waals surface area (Å²) in [6.45, 7) is 11.6. The van der Waals surface area contributed by atoms with Gasteiger partial charge in [-0.1, -0.05) is 87.6 Å². The summed E-state index contributed by atoms with van der Waals surface area (Å²) in [4.78, 5) is 9.14. The molecular weight excluding hydrogens is 567 g/mol. The number of nitrogens with zero attached hydrogens (tertiary/aromatic N) is 3. The molecule has 2 aromatic carbocycles. The Bertz CT molecular complexity index is 1280. The molecular formula is C30H39Cl3N6O. The summed E-state index contributed by atoms with van der Waals surface area (Å²) in [6, 6.07) is 18.5. The van der Waals surface area contributed by atoms with Gasteiger partial charge in [0.25, 0.3) is 0 Å². The molecule has 0 radical (unpaired) electrons. The number of aromatic nitrogens is 3. The van der Waals surface area contributed by atoms with Crippen LogP contribution in [0.15, 0.2) is 73.1 Å². The van der Waals surface area contributed by atoms with Crippen LogP contribution in [-0.2, 0) is 13.1 Å². The zero-order valence-corrected chi connectivity index (χ0v) is 25.9. The smallest absolute Gasteiger partial charge is 0.226 e. The van der Waals surface area contributed by atoms with Gasteiger partial charge in [0.05, 0.1) is 6.54 Å². The summed E-state index contributed by atoms with van der Waals surface area (Å²) in [5.74, 6) is 2.54. The third-order valence-corrected chi connectivity index (χ3v) is 5.76. The van der Waals surface area contributed by atoms with Crippen LogP contribution in [0.2, 0.25) is 15.1 Å². The number of benzene rings is 2. The summed E-state index contributed by atoms with van der Waals surface area (Å²) in [5.41, 5.74) is 1.85. The molecule has 0 aliphatic heterocycles. The first-order chi connectivity index (χ1) is 19.2. The summed E-state index contributed by atoms with van der Waals surface area (Å²) < 4.78 is 1.88. The Morgan fingerprint density at radius 1 is 0.825 bits per heavy atom. The lowest BCUT2D eigenvalue weighted by Gasteiger charge is -2.16. The van der Waals surface area contributed by atoms with E-state index in [4.69, 9.17) is 34.8 Å². The van der Waals surface area contributed by atoms with E-state index in [0.29, 0.717) is 45.7 Å². The highest BCUT2D eigenvalue weighted by Crippen LogP contribution is 2.21. The number of halogens is 3. The lowest BCUT2D eigenvalue weighted by atomic mass is 10.2. The highest BCUT2D eigenvalue weighted by atomic mass is 35.5. The lowest BCUT2D eigenvalue weighted by molar-refractivity contribution is 0.148. The first kappa shape index (κ1) is 33.4. The van der Waals surface area contributed by atoms with Crippen LogP contribution in [0.1, 0.15) is 45.7 Å². The van der Waals surface area contributed by atoms with Crippen LogP contribution in [-0.4, -0.2) is 32.4 Å². The van der Waals surface area contributed by atoms with Crippen molar-refractivity contribution < 1.29 is 5.11 Å². The number of aliphatic hydroxyl groups is 1. The molecule has 1 atom stereocenters. The summed E-state index contributed by atoms with van der Waals surface area (Å²) >= 11 is 18.2. The van der Waals surface area contributed by atoms with Gasteiger partial charge in [0.1, 0.15) is 17.9 Å². The van der Waals surface area contributed by atoms with Crippen molar-refractivity contribution in [3.05, 3.63) is 99.3 Å². The minimum atomic E-state index is -0.834. The fourth-order valence-corrected chi connectivity index (χ4v) is 3.91. The van der Waals surface area contributed by atoms with Crippen LogP contribution in [0.3, 0.4) is 0 Å². The molecule has 0 aliphatic carbocycles. The predicted octanol–water partition coefficient (Wildman–Crippen LogP) is 8.05. The van der Waals surface area contributed by atoms with Crippen molar-refractivity contribution in [2.24, 2.45) is 5.92 Å². The summed E-state index contributed by atoms with van der Waals surface area (Å²) in [6.07, 6.45) is 2.97. The quantitative estimate of drug-likeness (QED) is 0.137. The van der Waals surface area contributed by atoms with Crippen molar-refractivity contribution in [1.29, 1.82) is 0 Å². The number of rotatable bonds is 10. The topological polar surface area (TPSA) is 87.0 Å². The van der Waals surface area contributed by atoms with E-state index in [1.54, 1.807) is 12.1 Å². The minimum Gasteiger partial charge on any atom is -0.377 e. The number of anilines is 2. The molecule has 4 aromatic rings. The van der Waals surface area contributed by atoms with Crippen molar-refractivity contribution in [2.45, 2.75) is 53.9 Å². The maximum absolute atomic E-state index is 10.4. The van der Waals surface area contributed by atoms with Crippen molar-refractivity contribution >= 4 is 46.6 Å². The van der Waals surface area contributed by atoms with Gasteiger partial charge in [-0.15, -0.1) is 0 Å². The van der Waals surface area contributed by atoms with Gasteiger partial charge in [-0.3, -0.25) is 5.32 Å². The Morgan fingerprint density at radius 2 is 1.50 bits per heavy atom. The van der Waals surface area contributed by atoms with E-state index in [2.05, 4.69) is 46.7 Å². The average Bonchev–Trinajstić information content (AvgIpc) is 3.46. The molecule has 216 valence electrons. The van der Waals surface area contributed by atoms with E-state index < -0.39 is 6.23 Å². The fraction of sp³-hybridized carbons (Fsp3) is 0.333. The van der Waals surface area contributed by atoms with Crippen molar-refractivity contribution in [1.82, 2.24) is 19.9 Å². The molecule has 0 bridgehead atoms. The van der Waals surface area contributed by atoms with Crippen molar-refractivity contribution in [2.75, 3.05) is 17.2 Å². The largest absolute Gasteiger partial charge is 0.377 e. The molecule has 0 saturated heterocycles. The molecule has 1 unspecified atom stereocenters. The second kappa shape index (κ2) is 17.8. The normalized spacial score (nSPS) is 11.2. The van der Waals surface area contributed by atoms with Crippen LogP contribution in [0.25, 0.3) is 5.82 Å². The SMILES string of the molecule is CC.CC(C)C.OC(CNc1cc(-n2cccc2)nc(NCc2cccc(Cl)c2)n1)NCc1ccc(Cl)cc1Cl. The van der Waals surface area contributed by atoms with Gasteiger partial charge < -0.3 is 20.3 Å². The van der Waals surface area contributed by atoms with Crippen LogP contribution < -0.4 is 16.0 Å². The molecule has 0 saturated carbocycles. The van der Waals surface area contributed by atoms with Gasteiger partial charge in [0, 0.05) is 46.6 Å². The third-order valence-electron chi connectivity index (χ3n) is 4.94. The van der Waals surface area contributed by atoms with E-state index in [1.807, 2.05) is 79.3 Å². The summed E-state index contributed by atoms with van der Waals surface area (Å²) in [5, 5.41) is 21.6. The highest BCUT2D eigenvalue weighted by Gasteiger charge is 2.10. The van der Waals surface area contributed by atoms with Gasteiger partial charge in [0.2, 0.25) is 5.95 Å². The molecule has 0 aliphatic rings. The van der Waals surface area contributed by atoms with E-state index >= 15 is 0 Å². The number of hydrogen-bond donors (Lipinski definition) is 4. The maximum Gasteiger partial charge on any atom is 0.226 e. The average molecular weight is 606 g/mol. The Morgan fingerprint density at radius 3 is 2.15 bits per heavy atom. The minimum absolute atomic E-state index is 0.223. The third kappa shape index (κ3) is 12.1. The summed E-state index contributed by atoms with van der Waals surface area (Å²) in [7, 11) is 0. The molecule has 2 heterocycles. The maximum atomic E-state index is 10.4. The Balaban J connectivity index is 0.000000858. The van der Waals surface area contributed by atoms with Crippen LogP contribution in [0.5, 0.6) is 0 Å². The van der Waals surface area contributed by atoms with Gasteiger partial charge in [-0.2, -0.15) is 9.97 Å². The Hall–Kier alpha value is -2.81. The number of hydrogen-bond acceptors (Lipinski definition) is 6. The zero-order valence-electron chi connectivity index (χ0n) is 23.6. The number of aliphatic hydroxyl groups excluding tert-OH is 1. The van der Waals surface area contributed by atoms with E-state index in [9.17, 15) is 5.11 Å². The van der Waals surface area contributed by atoms with Crippen LogP contribution in [0.4, 0.5) is 11.8 Å². The standard InChI is InChI=1S/C24H23Cl3N6O.C4H10.C2H6/c25-18-5-3-4-16(10-18)13-30-24-31-21(12-22(32-24)33-8-1-2-9-33)28-15-23(34)29-14-17-6-7-19(26)11-20(17)27;1-4(2)3;1-2/h1-12,23,29,34H,13-15H2,(H2,28,30,31,32);4H,1-3H3;1-2H3. The van der Waals surface area contributed by atoms with Crippen LogP contribution >= 0.6 is 34.8 Å². The van der Waals surface area contributed by atoms with Gasteiger partial charge in [-0.05, 0) is 53.4 Å².